The molecule has 1 heterocycles. The van der Waals surface area contributed by atoms with Crippen LogP contribution in [0.5, 0.6) is 5.75 Å². The molecule has 52 heavy (non-hydrogen) atoms. The third-order valence-electron chi connectivity index (χ3n) is 10.6. The van der Waals surface area contributed by atoms with Crippen molar-refractivity contribution < 1.29 is 23.8 Å². The van der Waals surface area contributed by atoms with Crippen LogP contribution in [0.4, 0.5) is 4.39 Å². The van der Waals surface area contributed by atoms with E-state index in [1.807, 2.05) is 18.2 Å². The van der Waals surface area contributed by atoms with Gasteiger partial charge in [0.2, 0.25) is 11.8 Å². The predicted octanol–water partition coefficient (Wildman–Crippen LogP) is 7.14. The molecule has 2 amide bonds. The van der Waals surface area contributed by atoms with Gasteiger partial charge in [-0.15, -0.1) is 0 Å². The molecular formula is C44H54FN3O4. The van der Waals surface area contributed by atoms with Crippen molar-refractivity contribution in [2.24, 2.45) is 0 Å². The number of unbranched alkanes of at least 4 members (excludes halogenated alkanes) is 1. The second kappa shape index (κ2) is 18.8. The minimum atomic E-state index is -0.479. The van der Waals surface area contributed by atoms with E-state index in [1.165, 1.54) is 23.3 Å². The molecule has 0 saturated carbocycles. The van der Waals surface area contributed by atoms with Gasteiger partial charge >= 0.3 is 0 Å². The summed E-state index contributed by atoms with van der Waals surface area (Å²) in [5, 5.41) is 19.1. The fourth-order valence-electron chi connectivity index (χ4n) is 7.79. The molecule has 0 saturated heterocycles. The zero-order valence-electron chi connectivity index (χ0n) is 30.6. The average Bonchev–Trinajstić information content (AvgIpc) is 3.17. The van der Waals surface area contributed by atoms with Gasteiger partial charge in [-0.2, -0.15) is 0 Å². The predicted molar refractivity (Wildman–Crippen MR) is 205 cm³/mol. The molecule has 2 unspecified atom stereocenters. The highest BCUT2D eigenvalue weighted by atomic mass is 19.1. The molecule has 4 aromatic rings. The molecule has 4 aromatic carbocycles. The molecule has 5 rings (SSSR count). The summed E-state index contributed by atoms with van der Waals surface area (Å²) in [4.78, 5) is 26.2. The van der Waals surface area contributed by atoms with Crippen LogP contribution < -0.4 is 20.7 Å². The molecule has 0 aromatic heterocycles. The number of carbonyl (C=O) groups is 2. The van der Waals surface area contributed by atoms with Crippen molar-refractivity contribution in [3.05, 3.63) is 137 Å². The van der Waals surface area contributed by atoms with E-state index < -0.39 is 5.54 Å². The lowest BCUT2D eigenvalue weighted by Gasteiger charge is -2.42. The highest BCUT2D eigenvalue weighted by Crippen LogP contribution is 2.44. The smallest absolute Gasteiger partial charge is 0.237 e. The molecule has 276 valence electrons. The Morgan fingerprint density at radius 1 is 0.865 bits per heavy atom. The van der Waals surface area contributed by atoms with Crippen LogP contribution >= 0.6 is 0 Å². The van der Waals surface area contributed by atoms with E-state index in [1.54, 1.807) is 19.2 Å². The zero-order valence-corrected chi connectivity index (χ0v) is 30.6. The number of carbonyl (C=O) groups excluding carboxylic acids is 2. The number of amides is 2. The summed E-state index contributed by atoms with van der Waals surface area (Å²) in [5.74, 6) is 0.488. The van der Waals surface area contributed by atoms with Crippen molar-refractivity contribution >= 4 is 11.8 Å². The van der Waals surface area contributed by atoms with Crippen molar-refractivity contribution in [2.45, 2.75) is 88.1 Å². The minimum absolute atomic E-state index is 0.00766. The summed E-state index contributed by atoms with van der Waals surface area (Å²) < 4.78 is 18.9. The Morgan fingerprint density at radius 3 is 2.17 bits per heavy atom. The summed E-state index contributed by atoms with van der Waals surface area (Å²) in [7, 11) is 1.68. The van der Waals surface area contributed by atoms with Gasteiger partial charge < -0.3 is 20.5 Å². The average molecular weight is 708 g/mol. The largest absolute Gasteiger partial charge is 0.497 e. The molecule has 0 radical (unpaired) electrons. The van der Waals surface area contributed by atoms with Gasteiger partial charge in [-0.05, 0) is 110 Å². The first kappa shape index (κ1) is 38.7. The maximum absolute atomic E-state index is 13.4. The minimum Gasteiger partial charge on any atom is -0.497 e. The van der Waals surface area contributed by atoms with Gasteiger partial charge in [0.05, 0.1) is 13.2 Å². The highest BCUT2D eigenvalue weighted by molar-refractivity contribution is 5.82. The van der Waals surface area contributed by atoms with Gasteiger partial charge in [0.1, 0.15) is 11.6 Å². The van der Waals surface area contributed by atoms with Crippen LogP contribution in [0.15, 0.2) is 103 Å². The SMILES string of the molecule is COc1ccc2c(c1)C(C)(CCCC(CCCNC(=O)CCc1ccc(F)cc1)(c1ccccc1)c1ccccc1)NC(C(=O)NCCCCO)C2. The standard InChI is InChI=1S/C44H54FN3O4/c1-43(39-32-38(52-2)23-20-34(39)31-40(48-43)42(51)47-28-9-10-30-49)25-11-26-44(35-13-5-3-6-14-35,36-15-7-4-8-16-36)27-12-29-46-41(50)24-19-33-17-21-37(45)22-18-33/h3-8,13-18,20-23,32,40,48-49H,9-12,19,24-31H2,1-2H3,(H,46,50)(H,47,51). The van der Waals surface area contributed by atoms with Crippen molar-refractivity contribution in [1.29, 1.82) is 0 Å². The third-order valence-corrected chi connectivity index (χ3v) is 10.6. The van der Waals surface area contributed by atoms with E-state index in [2.05, 4.69) is 83.5 Å². The number of fused-ring (bicyclic) bond motifs is 1. The third kappa shape index (κ3) is 10.1. The lowest BCUT2D eigenvalue weighted by atomic mass is 9.67. The van der Waals surface area contributed by atoms with Crippen LogP contribution in [0.2, 0.25) is 0 Å². The van der Waals surface area contributed by atoms with Crippen molar-refractivity contribution in [1.82, 2.24) is 16.0 Å². The summed E-state index contributed by atoms with van der Waals surface area (Å²) >= 11 is 0. The van der Waals surface area contributed by atoms with E-state index in [0.717, 1.165) is 61.0 Å². The van der Waals surface area contributed by atoms with E-state index >= 15 is 0 Å². The normalized spacial score (nSPS) is 16.9. The van der Waals surface area contributed by atoms with Crippen molar-refractivity contribution in [2.75, 3.05) is 26.8 Å². The summed E-state index contributed by atoms with van der Waals surface area (Å²) in [6, 6.07) is 33.5. The number of hydrogen-bond donors (Lipinski definition) is 4. The second-order valence-corrected chi connectivity index (χ2v) is 14.2. The zero-order chi connectivity index (χ0) is 36.8. The fourth-order valence-corrected chi connectivity index (χ4v) is 7.79. The second-order valence-electron chi connectivity index (χ2n) is 14.2. The molecule has 0 fully saturated rings. The van der Waals surface area contributed by atoms with Crippen LogP contribution in [0.25, 0.3) is 0 Å². The first-order valence-electron chi connectivity index (χ1n) is 18.7. The lowest BCUT2D eigenvalue weighted by molar-refractivity contribution is -0.124. The molecule has 1 aliphatic heterocycles. The van der Waals surface area contributed by atoms with Crippen LogP contribution in [0.3, 0.4) is 0 Å². The van der Waals surface area contributed by atoms with Gasteiger partial charge in [0, 0.05) is 37.1 Å². The molecule has 4 N–H and O–H groups in total. The number of hydrogen-bond acceptors (Lipinski definition) is 5. The first-order chi connectivity index (χ1) is 25.3. The molecule has 0 bridgehead atoms. The number of ether oxygens (including phenoxy) is 1. The van der Waals surface area contributed by atoms with Crippen LogP contribution in [-0.4, -0.2) is 49.8 Å². The first-order valence-corrected chi connectivity index (χ1v) is 18.7. The number of nitrogens with one attached hydrogen (secondary N) is 3. The molecule has 7 nitrogen and oxygen atoms in total. The van der Waals surface area contributed by atoms with Gasteiger partial charge in [-0.3, -0.25) is 14.9 Å². The number of methoxy groups -OCH3 is 1. The number of aliphatic hydroxyl groups is 1. The Morgan fingerprint density at radius 2 is 1.52 bits per heavy atom. The maximum atomic E-state index is 13.4. The Hall–Kier alpha value is -4.53. The Bertz CT molecular complexity index is 1680. The van der Waals surface area contributed by atoms with Gasteiger partial charge in [-0.1, -0.05) is 85.3 Å². The van der Waals surface area contributed by atoms with Crippen LogP contribution in [-0.2, 0) is 33.4 Å². The van der Waals surface area contributed by atoms with Crippen molar-refractivity contribution in [3.63, 3.8) is 0 Å². The van der Waals surface area contributed by atoms with E-state index in [0.29, 0.717) is 38.8 Å². The topological polar surface area (TPSA) is 99.7 Å². The van der Waals surface area contributed by atoms with Crippen molar-refractivity contribution in [3.8, 4) is 5.75 Å². The van der Waals surface area contributed by atoms with E-state index in [9.17, 15) is 14.0 Å². The molecule has 8 heteroatoms. The Labute approximate surface area is 308 Å². The lowest BCUT2D eigenvalue weighted by Crippen LogP contribution is -2.57. The number of rotatable bonds is 19. The van der Waals surface area contributed by atoms with Crippen LogP contribution in [0.1, 0.15) is 86.1 Å². The van der Waals surface area contributed by atoms with Crippen LogP contribution in [0, 0.1) is 5.82 Å². The number of aryl methyl sites for hydroxylation is 1. The Kier molecular flexibility index (Phi) is 14.0. The molecule has 2 atom stereocenters. The van der Waals surface area contributed by atoms with Gasteiger partial charge in [-0.25, -0.2) is 4.39 Å². The summed E-state index contributed by atoms with van der Waals surface area (Å²) in [5.41, 5.74) is 4.95. The monoisotopic (exact) mass is 707 g/mol. The van der Waals surface area contributed by atoms with E-state index in [-0.39, 0.29) is 35.7 Å². The molecule has 0 aliphatic carbocycles. The Balaban J connectivity index is 1.33. The fraction of sp³-hybridized carbons (Fsp3) is 0.409. The summed E-state index contributed by atoms with van der Waals surface area (Å²) in [6.45, 7) is 3.41. The quantitative estimate of drug-likeness (QED) is 0.0778. The molecule has 0 spiro atoms. The summed E-state index contributed by atoms with van der Waals surface area (Å²) in [6.07, 6.45) is 7.08. The number of benzene rings is 4. The molecule has 1 aliphatic rings. The number of aliphatic hydroxyl groups excluding tert-OH is 1. The number of halogens is 1. The van der Waals surface area contributed by atoms with E-state index in [4.69, 9.17) is 9.84 Å². The van der Waals surface area contributed by atoms with Gasteiger partial charge in [0.15, 0.2) is 0 Å². The maximum Gasteiger partial charge on any atom is 0.237 e. The molecular weight excluding hydrogens is 653 g/mol. The highest BCUT2D eigenvalue weighted by Gasteiger charge is 2.40. The van der Waals surface area contributed by atoms with Gasteiger partial charge in [0.25, 0.3) is 0 Å².